The van der Waals surface area contributed by atoms with Gasteiger partial charge in [0.15, 0.2) is 0 Å². The fourth-order valence-electron chi connectivity index (χ4n) is 2.68. The van der Waals surface area contributed by atoms with Crippen LogP contribution < -0.4 is 0 Å². The molecule has 102 valence electrons. The zero-order chi connectivity index (χ0) is 13.8. The van der Waals surface area contributed by atoms with Crippen LogP contribution in [0, 0.1) is 12.8 Å². The lowest BCUT2D eigenvalue weighted by Crippen LogP contribution is -2.07. The van der Waals surface area contributed by atoms with Gasteiger partial charge >= 0.3 is 0 Å². The number of nitrogens with zero attached hydrogens (tertiary/aromatic N) is 1. The number of rotatable bonds is 5. The van der Waals surface area contributed by atoms with Gasteiger partial charge in [0.25, 0.3) is 0 Å². The second-order valence-electron chi connectivity index (χ2n) is 5.30. The highest BCUT2D eigenvalue weighted by Gasteiger charge is 2.16. The van der Waals surface area contributed by atoms with E-state index < -0.39 is 6.10 Å². The zero-order valence-electron chi connectivity index (χ0n) is 12.1. The minimum Gasteiger partial charge on any atom is -0.388 e. The molecule has 0 aliphatic carbocycles. The van der Waals surface area contributed by atoms with Crippen LogP contribution in [0.1, 0.15) is 50.5 Å². The Morgan fingerprint density at radius 2 is 1.84 bits per heavy atom. The van der Waals surface area contributed by atoms with Crippen molar-refractivity contribution in [2.45, 2.75) is 46.1 Å². The Hall–Kier alpha value is -1.41. The standard InChI is InChI=1S/C17H23NO/c1-4-13(5-2)11-17(19)15-10-12(3)18-16-9-7-6-8-14(15)16/h6-10,13,17,19H,4-5,11H2,1-3H3. The summed E-state index contributed by atoms with van der Waals surface area (Å²) in [6, 6.07) is 10.1. The summed E-state index contributed by atoms with van der Waals surface area (Å²) in [6.07, 6.45) is 2.68. The van der Waals surface area contributed by atoms with Crippen molar-refractivity contribution in [2.24, 2.45) is 5.92 Å². The fourth-order valence-corrected chi connectivity index (χ4v) is 2.68. The van der Waals surface area contributed by atoms with Gasteiger partial charge < -0.3 is 5.11 Å². The molecule has 0 spiro atoms. The second kappa shape index (κ2) is 6.16. The summed E-state index contributed by atoms with van der Waals surface area (Å²) in [5.41, 5.74) is 2.97. The van der Waals surface area contributed by atoms with Gasteiger partial charge in [0, 0.05) is 11.1 Å². The van der Waals surface area contributed by atoms with Crippen molar-refractivity contribution in [3.63, 3.8) is 0 Å². The summed E-state index contributed by atoms with van der Waals surface area (Å²) >= 11 is 0. The van der Waals surface area contributed by atoms with Crippen molar-refractivity contribution in [2.75, 3.05) is 0 Å². The maximum atomic E-state index is 10.5. The Labute approximate surface area is 115 Å². The molecule has 1 heterocycles. The van der Waals surface area contributed by atoms with Crippen LogP contribution >= 0.6 is 0 Å². The molecule has 0 aliphatic rings. The third kappa shape index (κ3) is 3.13. The first-order valence-electron chi connectivity index (χ1n) is 7.20. The molecule has 0 amide bonds. The molecule has 2 nitrogen and oxygen atoms in total. The van der Waals surface area contributed by atoms with Gasteiger partial charge in [0.05, 0.1) is 11.6 Å². The van der Waals surface area contributed by atoms with Crippen molar-refractivity contribution < 1.29 is 5.11 Å². The number of para-hydroxylation sites is 1. The largest absolute Gasteiger partial charge is 0.388 e. The summed E-state index contributed by atoms with van der Waals surface area (Å²) in [7, 11) is 0. The lowest BCUT2D eigenvalue weighted by molar-refractivity contribution is 0.142. The van der Waals surface area contributed by atoms with Crippen LogP contribution in [0.3, 0.4) is 0 Å². The minimum absolute atomic E-state index is 0.392. The number of hydrogen-bond acceptors (Lipinski definition) is 2. The quantitative estimate of drug-likeness (QED) is 0.861. The van der Waals surface area contributed by atoms with Crippen LogP contribution in [0.5, 0.6) is 0 Å². The Morgan fingerprint density at radius 1 is 1.16 bits per heavy atom. The van der Waals surface area contributed by atoms with Crippen molar-refractivity contribution in [1.82, 2.24) is 4.98 Å². The van der Waals surface area contributed by atoms with E-state index in [4.69, 9.17) is 0 Å². The van der Waals surface area contributed by atoms with Gasteiger partial charge in [-0.15, -0.1) is 0 Å². The van der Waals surface area contributed by atoms with E-state index >= 15 is 0 Å². The van der Waals surface area contributed by atoms with Gasteiger partial charge in [0.2, 0.25) is 0 Å². The predicted octanol–water partition coefficient (Wildman–Crippen LogP) is 4.40. The van der Waals surface area contributed by atoms with Crippen molar-refractivity contribution in [3.05, 3.63) is 41.6 Å². The number of aromatic nitrogens is 1. The molecule has 1 aromatic heterocycles. The van der Waals surface area contributed by atoms with E-state index in [1.165, 1.54) is 0 Å². The summed E-state index contributed by atoms with van der Waals surface area (Å²) < 4.78 is 0. The topological polar surface area (TPSA) is 33.1 Å². The van der Waals surface area contributed by atoms with E-state index in [-0.39, 0.29) is 0 Å². The normalized spacial score (nSPS) is 13.1. The van der Waals surface area contributed by atoms with Crippen LogP contribution in [-0.2, 0) is 0 Å². The Morgan fingerprint density at radius 3 is 2.53 bits per heavy atom. The Kier molecular flexibility index (Phi) is 4.54. The highest BCUT2D eigenvalue weighted by molar-refractivity contribution is 5.82. The number of aliphatic hydroxyl groups excluding tert-OH is 1. The first kappa shape index (κ1) is 14.0. The first-order chi connectivity index (χ1) is 9.15. The molecule has 2 aromatic rings. The Bertz CT molecular complexity index is 546. The highest BCUT2D eigenvalue weighted by Crippen LogP contribution is 2.30. The average molecular weight is 257 g/mol. The Balaban J connectivity index is 2.38. The van der Waals surface area contributed by atoms with Crippen LogP contribution in [-0.4, -0.2) is 10.1 Å². The van der Waals surface area contributed by atoms with Gasteiger partial charge in [0.1, 0.15) is 0 Å². The molecule has 2 rings (SSSR count). The van der Waals surface area contributed by atoms with Crippen molar-refractivity contribution in [1.29, 1.82) is 0 Å². The lowest BCUT2D eigenvalue weighted by atomic mass is 9.91. The third-order valence-corrected chi connectivity index (χ3v) is 3.95. The summed E-state index contributed by atoms with van der Waals surface area (Å²) in [6.45, 7) is 6.37. The second-order valence-corrected chi connectivity index (χ2v) is 5.30. The van der Waals surface area contributed by atoms with Crippen LogP contribution in [0.2, 0.25) is 0 Å². The molecular formula is C17H23NO. The van der Waals surface area contributed by atoms with E-state index in [1.807, 2.05) is 37.3 Å². The molecule has 1 unspecified atom stereocenters. The number of benzene rings is 1. The first-order valence-corrected chi connectivity index (χ1v) is 7.20. The number of fused-ring (bicyclic) bond motifs is 1. The number of hydrogen-bond donors (Lipinski definition) is 1. The highest BCUT2D eigenvalue weighted by atomic mass is 16.3. The molecule has 2 heteroatoms. The number of aryl methyl sites for hydroxylation is 1. The fraction of sp³-hybridized carbons (Fsp3) is 0.471. The van der Waals surface area contributed by atoms with E-state index in [2.05, 4.69) is 18.8 Å². The number of pyridine rings is 1. The average Bonchev–Trinajstić information content (AvgIpc) is 2.43. The maximum absolute atomic E-state index is 10.5. The monoisotopic (exact) mass is 257 g/mol. The molecule has 1 aromatic carbocycles. The molecule has 0 aliphatic heterocycles. The van der Waals surface area contributed by atoms with Gasteiger partial charge in [-0.25, -0.2) is 0 Å². The molecular weight excluding hydrogens is 234 g/mol. The van der Waals surface area contributed by atoms with Crippen molar-refractivity contribution in [3.8, 4) is 0 Å². The molecule has 1 atom stereocenters. The van der Waals surface area contributed by atoms with Gasteiger partial charge in [-0.3, -0.25) is 4.98 Å². The molecule has 1 N–H and O–H groups in total. The van der Waals surface area contributed by atoms with E-state index in [9.17, 15) is 5.11 Å². The SMILES string of the molecule is CCC(CC)CC(O)c1cc(C)nc2ccccc12. The zero-order valence-corrected chi connectivity index (χ0v) is 12.1. The van der Waals surface area contributed by atoms with Crippen molar-refractivity contribution >= 4 is 10.9 Å². The maximum Gasteiger partial charge on any atom is 0.0799 e. The molecule has 0 bridgehead atoms. The number of aliphatic hydroxyl groups is 1. The molecule has 0 radical (unpaired) electrons. The predicted molar refractivity (Wildman–Crippen MR) is 80.1 cm³/mol. The van der Waals surface area contributed by atoms with E-state index in [1.54, 1.807) is 0 Å². The summed E-state index contributed by atoms with van der Waals surface area (Å²) in [5.74, 6) is 0.585. The van der Waals surface area contributed by atoms with Gasteiger partial charge in [-0.2, -0.15) is 0 Å². The third-order valence-electron chi connectivity index (χ3n) is 3.95. The smallest absolute Gasteiger partial charge is 0.0799 e. The minimum atomic E-state index is -0.392. The van der Waals surface area contributed by atoms with E-state index in [0.29, 0.717) is 5.92 Å². The van der Waals surface area contributed by atoms with E-state index in [0.717, 1.165) is 41.4 Å². The van der Waals surface area contributed by atoms with Crippen LogP contribution in [0.15, 0.2) is 30.3 Å². The van der Waals surface area contributed by atoms with Gasteiger partial charge in [-0.05, 0) is 37.0 Å². The molecule has 19 heavy (non-hydrogen) atoms. The molecule has 0 fully saturated rings. The van der Waals surface area contributed by atoms with Crippen LogP contribution in [0.25, 0.3) is 10.9 Å². The molecule has 0 saturated carbocycles. The lowest BCUT2D eigenvalue weighted by Gasteiger charge is -2.19. The van der Waals surface area contributed by atoms with Gasteiger partial charge in [-0.1, -0.05) is 44.9 Å². The summed E-state index contributed by atoms with van der Waals surface area (Å²) in [5, 5.41) is 11.6. The molecule has 0 saturated heterocycles. The van der Waals surface area contributed by atoms with Crippen LogP contribution in [0.4, 0.5) is 0 Å². The summed E-state index contributed by atoms with van der Waals surface area (Å²) in [4.78, 5) is 4.53.